The number of hydrogen-bond acceptors (Lipinski definition) is 6. The van der Waals surface area contributed by atoms with Crippen LogP contribution in [-0.4, -0.2) is 40.2 Å². The maximum Gasteiger partial charge on any atom is 0.341 e. The third-order valence-corrected chi connectivity index (χ3v) is 5.64. The first-order valence-corrected chi connectivity index (χ1v) is 8.80. The molecule has 0 N–H and O–H groups in total. The maximum absolute atomic E-state index is 13.3. The summed E-state index contributed by atoms with van der Waals surface area (Å²) in [6.45, 7) is 1.96. The Balaban J connectivity index is 2.32. The van der Waals surface area contributed by atoms with Gasteiger partial charge in [-0.1, -0.05) is 19.1 Å². The van der Waals surface area contributed by atoms with Crippen molar-refractivity contribution in [1.29, 1.82) is 0 Å². The number of methoxy groups -OCH3 is 4. The van der Waals surface area contributed by atoms with Crippen LogP contribution in [0.5, 0.6) is 17.2 Å². The fraction of sp³-hybridized carbons (Fsp3) is 0.429. The molecule has 1 spiro atoms. The van der Waals surface area contributed by atoms with Crippen molar-refractivity contribution < 1.29 is 28.5 Å². The van der Waals surface area contributed by atoms with Crippen LogP contribution < -0.4 is 14.2 Å². The molecule has 0 saturated carbocycles. The molecule has 2 aliphatic rings. The molecule has 6 heteroatoms. The second-order valence-corrected chi connectivity index (χ2v) is 6.72. The van der Waals surface area contributed by atoms with Crippen molar-refractivity contribution in [3.05, 3.63) is 35.4 Å². The number of benzene rings is 1. The fourth-order valence-electron chi connectivity index (χ4n) is 4.19. The molecule has 0 radical (unpaired) electrons. The molecule has 0 aliphatic heterocycles. The van der Waals surface area contributed by atoms with Gasteiger partial charge in [-0.15, -0.1) is 0 Å². The summed E-state index contributed by atoms with van der Waals surface area (Å²) >= 11 is 0. The minimum absolute atomic E-state index is 0.0679. The molecule has 2 atom stereocenters. The average Bonchev–Trinajstić information content (AvgIpc) is 3.27. The molecular formula is C21H24O6. The van der Waals surface area contributed by atoms with Gasteiger partial charge in [-0.2, -0.15) is 0 Å². The van der Waals surface area contributed by atoms with Gasteiger partial charge < -0.3 is 18.9 Å². The Bertz CT molecular complexity index is 825. The summed E-state index contributed by atoms with van der Waals surface area (Å²) in [5.74, 6) is 0.432. The van der Waals surface area contributed by atoms with E-state index in [-0.39, 0.29) is 17.3 Å². The molecule has 6 nitrogen and oxygen atoms in total. The average molecular weight is 372 g/mol. The van der Waals surface area contributed by atoms with Gasteiger partial charge >= 0.3 is 5.97 Å². The van der Waals surface area contributed by atoms with E-state index in [4.69, 9.17) is 18.9 Å². The van der Waals surface area contributed by atoms with Crippen LogP contribution in [0, 0.1) is 11.3 Å². The number of esters is 1. The molecule has 0 amide bonds. The Labute approximate surface area is 158 Å². The van der Waals surface area contributed by atoms with Gasteiger partial charge in [0, 0.05) is 12.1 Å². The van der Waals surface area contributed by atoms with Gasteiger partial charge in [-0.05, 0) is 24.3 Å². The Morgan fingerprint density at radius 3 is 2.15 bits per heavy atom. The lowest BCUT2D eigenvalue weighted by Gasteiger charge is -2.28. The normalized spacial score (nSPS) is 23.9. The van der Waals surface area contributed by atoms with Crippen LogP contribution in [0.3, 0.4) is 0 Å². The number of ether oxygens (including phenoxy) is 4. The first-order chi connectivity index (χ1) is 12.9. The highest BCUT2D eigenvalue weighted by Gasteiger charge is 2.54. The van der Waals surface area contributed by atoms with E-state index in [1.165, 1.54) is 21.3 Å². The number of carbonyl (C=O) groups is 2. The smallest absolute Gasteiger partial charge is 0.341 e. The highest BCUT2D eigenvalue weighted by molar-refractivity contribution is 6.29. The SMILES string of the molecule is COC(=O)C1=C(c2c(OC)cc(OC)cc2OC)[C@H](C)[C@@]2(C=CCC2)C1=O. The summed E-state index contributed by atoms with van der Waals surface area (Å²) in [6.07, 6.45) is 5.39. The molecule has 0 saturated heterocycles. The van der Waals surface area contributed by atoms with Crippen molar-refractivity contribution in [2.75, 3.05) is 28.4 Å². The number of rotatable bonds is 5. The zero-order valence-electron chi connectivity index (χ0n) is 16.3. The van der Waals surface area contributed by atoms with Crippen LogP contribution in [0.25, 0.3) is 5.57 Å². The molecule has 27 heavy (non-hydrogen) atoms. The fourth-order valence-corrected chi connectivity index (χ4v) is 4.19. The zero-order valence-corrected chi connectivity index (χ0v) is 16.3. The van der Waals surface area contributed by atoms with E-state index < -0.39 is 11.4 Å². The molecule has 0 bridgehead atoms. The van der Waals surface area contributed by atoms with Crippen molar-refractivity contribution in [2.45, 2.75) is 19.8 Å². The van der Waals surface area contributed by atoms with E-state index in [1.54, 1.807) is 19.2 Å². The van der Waals surface area contributed by atoms with E-state index in [0.29, 0.717) is 34.8 Å². The van der Waals surface area contributed by atoms with Crippen LogP contribution in [0.1, 0.15) is 25.3 Å². The summed E-state index contributed by atoms with van der Waals surface area (Å²) in [6, 6.07) is 3.43. The van der Waals surface area contributed by atoms with Gasteiger partial charge in [0.1, 0.15) is 22.8 Å². The van der Waals surface area contributed by atoms with E-state index in [9.17, 15) is 9.59 Å². The predicted octanol–water partition coefficient (Wildman–Crippen LogP) is 3.19. The molecule has 3 rings (SSSR count). The second kappa shape index (κ2) is 7.10. The first-order valence-electron chi connectivity index (χ1n) is 8.80. The molecule has 1 aromatic carbocycles. The standard InChI is InChI=1S/C21H24O6/c1-12-16(17-14(25-3)10-13(24-2)11-15(17)26-4)18(20(23)27-5)19(22)21(12)8-6-7-9-21/h6,8,10-12H,7,9H2,1-5H3/t12-,21-/m0/s1. The molecule has 0 unspecified atom stereocenters. The molecule has 0 heterocycles. The molecule has 1 aromatic rings. The van der Waals surface area contributed by atoms with Crippen LogP contribution in [0.15, 0.2) is 29.9 Å². The Kier molecular flexibility index (Phi) is 5.00. The van der Waals surface area contributed by atoms with Crippen LogP contribution in [-0.2, 0) is 14.3 Å². The third kappa shape index (κ3) is 2.71. The lowest BCUT2D eigenvalue weighted by Crippen LogP contribution is -2.30. The van der Waals surface area contributed by atoms with Gasteiger partial charge in [0.05, 0.1) is 39.4 Å². The van der Waals surface area contributed by atoms with Crippen LogP contribution >= 0.6 is 0 Å². The Morgan fingerprint density at radius 1 is 1.07 bits per heavy atom. The number of Topliss-reactive ketones (excluding diaryl/α,β-unsaturated/α-hetero) is 1. The van der Waals surface area contributed by atoms with Gasteiger partial charge in [0.2, 0.25) is 0 Å². The van der Waals surface area contributed by atoms with Crippen molar-refractivity contribution in [3.8, 4) is 17.2 Å². The van der Waals surface area contributed by atoms with Crippen molar-refractivity contribution in [1.82, 2.24) is 0 Å². The summed E-state index contributed by atoms with van der Waals surface area (Å²) in [5.41, 5.74) is 0.515. The monoisotopic (exact) mass is 372 g/mol. The highest BCUT2D eigenvalue weighted by atomic mass is 16.5. The molecule has 0 fully saturated rings. The van der Waals surface area contributed by atoms with Crippen LogP contribution in [0.2, 0.25) is 0 Å². The molecular weight excluding hydrogens is 348 g/mol. The lowest BCUT2D eigenvalue weighted by atomic mass is 9.74. The lowest BCUT2D eigenvalue weighted by molar-refractivity contribution is -0.138. The summed E-state index contributed by atoms with van der Waals surface area (Å²) in [4.78, 5) is 25.9. The predicted molar refractivity (Wildman–Crippen MR) is 100 cm³/mol. The van der Waals surface area contributed by atoms with E-state index in [0.717, 1.165) is 6.42 Å². The molecule has 144 valence electrons. The molecule has 2 aliphatic carbocycles. The van der Waals surface area contributed by atoms with E-state index >= 15 is 0 Å². The largest absolute Gasteiger partial charge is 0.496 e. The Morgan fingerprint density at radius 2 is 1.70 bits per heavy atom. The van der Waals surface area contributed by atoms with Crippen molar-refractivity contribution >= 4 is 17.3 Å². The van der Waals surface area contributed by atoms with E-state index in [2.05, 4.69) is 0 Å². The van der Waals surface area contributed by atoms with Crippen molar-refractivity contribution in [2.24, 2.45) is 11.3 Å². The highest BCUT2D eigenvalue weighted by Crippen LogP contribution is 2.57. The van der Waals surface area contributed by atoms with Gasteiger partial charge in [-0.25, -0.2) is 4.79 Å². The van der Waals surface area contributed by atoms with Gasteiger partial charge in [-0.3, -0.25) is 4.79 Å². The zero-order chi connectivity index (χ0) is 19.8. The molecule has 0 aromatic heterocycles. The third-order valence-electron chi connectivity index (χ3n) is 5.64. The number of hydrogen-bond donors (Lipinski definition) is 0. The number of allylic oxidation sites excluding steroid dienone is 3. The number of carbonyl (C=O) groups excluding carboxylic acids is 2. The summed E-state index contributed by atoms with van der Waals surface area (Å²) < 4.78 is 21.4. The minimum Gasteiger partial charge on any atom is -0.496 e. The van der Waals surface area contributed by atoms with Crippen molar-refractivity contribution in [3.63, 3.8) is 0 Å². The summed E-state index contributed by atoms with van der Waals surface area (Å²) in [5, 5.41) is 0. The quantitative estimate of drug-likeness (QED) is 0.449. The van der Waals surface area contributed by atoms with Gasteiger partial charge in [0.15, 0.2) is 5.78 Å². The summed E-state index contributed by atoms with van der Waals surface area (Å²) in [7, 11) is 5.89. The van der Waals surface area contributed by atoms with Crippen LogP contribution in [0.4, 0.5) is 0 Å². The topological polar surface area (TPSA) is 71.1 Å². The Hall–Kier alpha value is -2.76. The van der Waals surface area contributed by atoms with E-state index in [1.807, 2.05) is 19.1 Å². The van der Waals surface area contributed by atoms with Gasteiger partial charge in [0.25, 0.3) is 0 Å². The maximum atomic E-state index is 13.3. The second-order valence-electron chi connectivity index (χ2n) is 6.72. The first kappa shape index (κ1) is 19.0. The number of ketones is 1. The minimum atomic E-state index is -0.727.